The highest BCUT2D eigenvalue weighted by molar-refractivity contribution is 6.02. The van der Waals surface area contributed by atoms with Gasteiger partial charge >= 0.3 is 0 Å². The smallest absolute Gasteiger partial charge is 0.246 e. The largest absolute Gasteiger partial charge is 0.324 e. The number of fused-ring (bicyclic) bond motifs is 1. The van der Waals surface area contributed by atoms with E-state index in [9.17, 15) is 4.79 Å². The van der Waals surface area contributed by atoms with Crippen molar-refractivity contribution in [3.63, 3.8) is 0 Å². The molecule has 1 aliphatic rings. The second kappa shape index (κ2) is 6.37. The van der Waals surface area contributed by atoms with Crippen LogP contribution in [0.5, 0.6) is 0 Å². The fourth-order valence-corrected chi connectivity index (χ4v) is 2.86. The van der Waals surface area contributed by atoms with Crippen molar-refractivity contribution in [2.24, 2.45) is 0 Å². The zero-order chi connectivity index (χ0) is 14.7. The van der Waals surface area contributed by atoms with Crippen LogP contribution < -0.4 is 10.6 Å². The molecule has 1 unspecified atom stereocenters. The normalized spacial score (nSPS) is 17.9. The van der Waals surface area contributed by atoms with Crippen LogP contribution in [0.25, 0.3) is 0 Å². The maximum Gasteiger partial charge on any atom is 0.246 e. The van der Waals surface area contributed by atoms with Crippen LogP contribution in [0.1, 0.15) is 39.3 Å². The van der Waals surface area contributed by atoms with Crippen molar-refractivity contribution in [1.29, 1.82) is 0 Å². The summed E-state index contributed by atoms with van der Waals surface area (Å²) in [5.74, 6) is 0.0480. The zero-order valence-corrected chi connectivity index (χ0v) is 12.8. The number of hydrogen-bond donors (Lipinski definition) is 2. The Bertz CT molecular complexity index is 463. The molecule has 1 aliphatic heterocycles. The third-order valence-electron chi connectivity index (χ3n) is 3.84. The van der Waals surface area contributed by atoms with E-state index in [1.807, 2.05) is 24.3 Å². The first kappa shape index (κ1) is 15.0. The lowest BCUT2D eigenvalue weighted by molar-refractivity contribution is -0.117. The van der Waals surface area contributed by atoms with Crippen LogP contribution in [0.2, 0.25) is 0 Å². The molecule has 0 bridgehead atoms. The number of anilines is 1. The van der Waals surface area contributed by atoms with Crippen LogP contribution in [0.3, 0.4) is 0 Å². The van der Waals surface area contributed by atoms with Crippen molar-refractivity contribution in [2.45, 2.75) is 45.8 Å². The van der Waals surface area contributed by atoms with Gasteiger partial charge in [0.05, 0.1) is 0 Å². The van der Waals surface area contributed by atoms with Gasteiger partial charge in [0.1, 0.15) is 6.04 Å². The van der Waals surface area contributed by atoms with E-state index in [1.165, 1.54) is 0 Å². The molecule has 1 aromatic carbocycles. The number of rotatable bonds is 6. The van der Waals surface area contributed by atoms with Crippen molar-refractivity contribution in [3.8, 4) is 0 Å². The minimum absolute atomic E-state index is 0.0480. The standard InChI is InChI=1S/C16H25N3O/c1-11(2)19(12(3)4)10-9-17-15-13-7-5-6-8-14(13)18-16(15)20/h5-8,11-12,15,17H,9-10H2,1-4H3,(H,18,20). The van der Waals surface area contributed by atoms with Crippen molar-refractivity contribution in [2.75, 3.05) is 18.4 Å². The third-order valence-corrected chi connectivity index (χ3v) is 3.84. The molecule has 4 heteroatoms. The fraction of sp³-hybridized carbons (Fsp3) is 0.562. The topological polar surface area (TPSA) is 44.4 Å². The van der Waals surface area contributed by atoms with Crippen LogP contribution in [-0.2, 0) is 4.79 Å². The van der Waals surface area contributed by atoms with Gasteiger partial charge in [0.2, 0.25) is 5.91 Å². The van der Waals surface area contributed by atoms with Gasteiger partial charge < -0.3 is 10.6 Å². The molecule has 0 spiro atoms. The van der Waals surface area contributed by atoms with E-state index >= 15 is 0 Å². The van der Waals surface area contributed by atoms with Gasteiger partial charge in [0.15, 0.2) is 0 Å². The summed E-state index contributed by atoms with van der Waals surface area (Å²) in [6.07, 6.45) is 0. The van der Waals surface area contributed by atoms with E-state index in [0.29, 0.717) is 12.1 Å². The molecule has 1 heterocycles. The summed E-state index contributed by atoms with van der Waals surface area (Å²) in [6, 6.07) is 8.69. The maximum absolute atomic E-state index is 12.0. The van der Waals surface area contributed by atoms with Crippen LogP contribution in [0, 0.1) is 0 Å². The van der Waals surface area contributed by atoms with Gasteiger partial charge in [-0.25, -0.2) is 0 Å². The van der Waals surface area contributed by atoms with E-state index in [-0.39, 0.29) is 11.9 Å². The molecule has 1 aromatic rings. The second-order valence-electron chi connectivity index (χ2n) is 5.89. The van der Waals surface area contributed by atoms with E-state index in [0.717, 1.165) is 24.3 Å². The number of carbonyl (C=O) groups excluding carboxylic acids is 1. The van der Waals surface area contributed by atoms with Gasteiger partial charge in [-0.2, -0.15) is 0 Å². The Morgan fingerprint density at radius 3 is 2.50 bits per heavy atom. The average Bonchev–Trinajstić information content (AvgIpc) is 2.69. The molecule has 2 N–H and O–H groups in total. The molecule has 4 nitrogen and oxygen atoms in total. The Kier molecular flexibility index (Phi) is 4.78. The second-order valence-corrected chi connectivity index (χ2v) is 5.89. The summed E-state index contributed by atoms with van der Waals surface area (Å²) in [5.41, 5.74) is 1.98. The fourth-order valence-electron chi connectivity index (χ4n) is 2.86. The lowest BCUT2D eigenvalue weighted by Crippen LogP contribution is -2.42. The van der Waals surface area contributed by atoms with E-state index in [1.54, 1.807) is 0 Å². The zero-order valence-electron chi connectivity index (χ0n) is 12.8. The van der Waals surface area contributed by atoms with Gasteiger partial charge in [0.25, 0.3) is 0 Å². The highest BCUT2D eigenvalue weighted by Crippen LogP contribution is 2.29. The number of nitrogens with zero attached hydrogens (tertiary/aromatic N) is 1. The number of nitrogens with one attached hydrogen (secondary N) is 2. The van der Waals surface area contributed by atoms with Crippen LogP contribution in [0.4, 0.5) is 5.69 Å². The van der Waals surface area contributed by atoms with Crippen molar-refractivity contribution < 1.29 is 4.79 Å². The molecule has 20 heavy (non-hydrogen) atoms. The Hall–Kier alpha value is -1.39. The van der Waals surface area contributed by atoms with Crippen molar-refractivity contribution >= 4 is 11.6 Å². The predicted octanol–water partition coefficient (Wildman–Crippen LogP) is 2.39. The Labute approximate surface area is 121 Å². The Morgan fingerprint density at radius 2 is 1.85 bits per heavy atom. The number of amides is 1. The van der Waals surface area contributed by atoms with E-state index in [4.69, 9.17) is 0 Å². The number of benzene rings is 1. The summed E-state index contributed by atoms with van der Waals surface area (Å²) in [4.78, 5) is 14.4. The molecule has 110 valence electrons. The van der Waals surface area contributed by atoms with E-state index < -0.39 is 0 Å². The van der Waals surface area contributed by atoms with E-state index in [2.05, 4.69) is 43.2 Å². The summed E-state index contributed by atoms with van der Waals surface area (Å²) in [6.45, 7) is 10.6. The van der Waals surface area contributed by atoms with Crippen LogP contribution in [-0.4, -0.2) is 36.0 Å². The first-order valence-corrected chi connectivity index (χ1v) is 7.39. The summed E-state index contributed by atoms with van der Waals surface area (Å²) < 4.78 is 0. The molecule has 0 saturated heterocycles. The van der Waals surface area contributed by atoms with Crippen LogP contribution in [0.15, 0.2) is 24.3 Å². The molecular weight excluding hydrogens is 250 g/mol. The number of carbonyl (C=O) groups is 1. The maximum atomic E-state index is 12.0. The molecule has 0 aromatic heterocycles. The lowest BCUT2D eigenvalue weighted by atomic mass is 10.1. The summed E-state index contributed by atoms with van der Waals surface area (Å²) in [7, 11) is 0. The van der Waals surface area contributed by atoms with Crippen molar-refractivity contribution in [1.82, 2.24) is 10.2 Å². The number of para-hydroxylation sites is 1. The lowest BCUT2D eigenvalue weighted by Gasteiger charge is -2.30. The molecule has 0 saturated carbocycles. The van der Waals surface area contributed by atoms with Gasteiger partial charge in [-0.3, -0.25) is 9.69 Å². The SMILES string of the molecule is CC(C)N(CCNC1C(=O)Nc2ccccc21)C(C)C. The Balaban J connectivity index is 1.93. The molecule has 0 fully saturated rings. The monoisotopic (exact) mass is 275 g/mol. The quantitative estimate of drug-likeness (QED) is 0.838. The highest BCUT2D eigenvalue weighted by atomic mass is 16.2. The minimum Gasteiger partial charge on any atom is -0.324 e. The van der Waals surface area contributed by atoms with Crippen LogP contribution >= 0.6 is 0 Å². The first-order chi connectivity index (χ1) is 9.50. The molecular formula is C16H25N3O. The van der Waals surface area contributed by atoms with Gasteiger partial charge in [-0.05, 0) is 33.8 Å². The number of hydrogen-bond acceptors (Lipinski definition) is 3. The molecule has 1 atom stereocenters. The summed E-state index contributed by atoms with van der Waals surface area (Å²) >= 11 is 0. The Morgan fingerprint density at radius 1 is 1.20 bits per heavy atom. The summed E-state index contributed by atoms with van der Waals surface area (Å²) in [5, 5.41) is 6.29. The molecule has 0 radical (unpaired) electrons. The third kappa shape index (κ3) is 3.19. The molecule has 2 rings (SSSR count). The molecule has 0 aliphatic carbocycles. The van der Waals surface area contributed by atoms with Gasteiger partial charge in [0, 0.05) is 36.4 Å². The average molecular weight is 275 g/mol. The highest BCUT2D eigenvalue weighted by Gasteiger charge is 2.29. The van der Waals surface area contributed by atoms with Gasteiger partial charge in [-0.15, -0.1) is 0 Å². The minimum atomic E-state index is -0.215. The molecule has 1 amide bonds. The first-order valence-electron chi connectivity index (χ1n) is 7.39. The van der Waals surface area contributed by atoms with Gasteiger partial charge in [-0.1, -0.05) is 18.2 Å². The van der Waals surface area contributed by atoms with Crippen molar-refractivity contribution in [3.05, 3.63) is 29.8 Å². The predicted molar refractivity (Wildman–Crippen MR) is 82.8 cm³/mol.